The summed E-state index contributed by atoms with van der Waals surface area (Å²) in [7, 11) is 0. The smallest absolute Gasteiger partial charge is 0.0933 e. The minimum Gasteiger partial charge on any atom is -0.297 e. The molecule has 0 saturated heterocycles. The largest absolute Gasteiger partial charge is 0.297 e. The summed E-state index contributed by atoms with van der Waals surface area (Å²) in [6.45, 7) is 21.6. The summed E-state index contributed by atoms with van der Waals surface area (Å²) >= 11 is 0. The molecule has 0 fully saturated rings. The molecule has 0 saturated carbocycles. The quantitative estimate of drug-likeness (QED) is 0.136. The van der Waals surface area contributed by atoms with E-state index in [1.165, 1.54) is 27.8 Å². The van der Waals surface area contributed by atoms with Gasteiger partial charge in [-0.3, -0.25) is 9.83 Å². The van der Waals surface area contributed by atoms with Gasteiger partial charge in [0.05, 0.1) is 6.61 Å². The molecule has 2 aromatic carbocycles. The van der Waals surface area contributed by atoms with E-state index in [0.29, 0.717) is 13.2 Å². The van der Waals surface area contributed by atoms with Crippen LogP contribution in [0.5, 0.6) is 0 Å². The molecule has 3 heteroatoms. The highest BCUT2D eigenvalue weighted by Crippen LogP contribution is 2.16. The van der Waals surface area contributed by atoms with Gasteiger partial charge in [0.1, 0.15) is 0 Å². The number of hydrogen-bond donors (Lipinski definition) is 1. The van der Waals surface area contributed by atoms with Crippen molar-refractivity contribution in [3.63, 3.8) is 0 Å². The lowest BCUT2D eigenvalue weighted by molar-refractivity contribution is 0.0337. The Bertz CT molecular complexity index is 997. The van der Waals surface area contributed by atoms with Crippen LogP contribution in [0.3, 0.4) is 0 Å². The Labute approximate surface area is 227 Å². The molecule has 3 nitrogen and oxygen atoms in total. The third-order valence-electron chi connectivity index (χ3n) is 5.24. The van der Waals surface area contributed by atoms with Crippen LogP contribution >= 0.6 is 0 Å². The van der Waals surface area contributed by atoms with E-state index in [2.05, 4.69) is 100 Å². The molecule has 0 aliphatic carbocycles. The van der Waals surface area contributed by atoms with Crippen molar-refractivity contribution in [2.45, 2.75) is 81.3 Å². The highest BCUT2D eigenvalue weighted by Gasteiger charge is 1.98. The van der Waals surface area contributed by atoms with Crippen LogP contribution < -0.4 is 5.48 Å². The van der Waals surface area contributed by atoms with E-state index in [9.17, 15) is 0 Å². The van der Waals surface area contributed by atoms with Crippen molar-refractivity contribution in [1.29, 1.82) is 0 Å². The van der Waals surface area contributed by atoms with E-state index < -0.39 is 0 Å². The van der Waals surface area contributed by atoms with Gasteiger partial charge in [-0.1, -0.05) is 119 Å². The molecule has 0 unspecified atom stereocenters. The van der Waals surface area contributed by atoms with Gasteiger partial charge in [0.15, 0.2) is 0 Å². The molecule has 0 atom stereocenters. The number of hydroxylamine groups is 1. The van der Waals surface area contributed by atoms with Crippen LogP contribution in [0.1, 0.15) is 78.0 Å². The zero-order chi connectivity index (χ0) is 27.9. The first-order valence-corrected chi connectivity index (χ1v) is 13.5. The molecule has 0 spiro atoms. The maximum Gasteiger partial charge on any atom is 0.0933 e. The Kier molecular flexibility index (Phi) is 20.4. The van der Waals surface area contributed by atoms with E-state index in [1.54, 1.807) is 0 Å². The fourth-order valence-electron chi connectivity index (χ4n) is 3.17. The number of benzene rings is 2. The monoisotopic (exact) mass is 502 g/mol. The zero-order valence-corrected chi connectivity index (χ0v) is 24.6. The van der Waals surface area contributed by atoms with Crippen LogP contribution in [0.15, 0.2) is 107 Å². The molecule has 0 aliphatic rings. The van der Waals surface area contributed by atoms with Crippen LogP contribution in [0.4, 0.5) is 0 Å². The predicted octanol–water partition coefficient (Wildman–Crippen LogP) is 9.51. The number of allylic oxidation sites excluding steroid dienone is 6. The van der Waals surface area contributed by atoms with Crippen molar-refractivity contribution < 1.29 is 4.84 Å². The predicted molar refractivity (Wildman–Crippen MR) is 165 cm³/mol. The zero-order valence-electron chi connectivity index (χ0n) is 24.6. The van der Waals surface area contributed by atoms with E-state index in [0.717, 1.165) is 30.5 Å². The normalized spacial score (nSPS) is 11.9. The molecule has 1 N–H and O–H groups in total. The first-order chi connectivity index (χ1) is 17.8. The Morgan fingerprint density at radius 1 is 0.919 bits per heavy atom. The molecule has 0 aromatic heterocycles. The first-order valence-electron chi connectivity index (χ1n) is 13.5. The average Bonchev–Trinajstić information content (AvgIpc) is 2.91. The second-order valence-electron chi connectivity index (χ2n) is 8.76. The molecule has 2 rings (SSSR count). The van der Waals surface area contributed by atoms with Gasteiger partial charge in [-0.15, -0.1) is 0 Å². The topological polar surface area (TPSA) is 33.6 Å². The molecule has 0 amide bonds. The first kappa shape index (κ1) is 34.0. The van der Waals surface area contributed by atoms with Gasteiger partial charge in [-0.05, 0) is 68.9 Å². The second kappa shape index (κ2) is 22.2. The Morgan fingerprint density at radius 2 is 1.59 bits per heavy atom. The van der Waals surface area contributed by atoms with E-state index >= 15 is 0 Å². The summed E-state index contributed by atoms with van der Waals surface area (Å²) in [6, 6.07) is 18.7. The molecule has 202 valence electrons. The van der Waals surface area contributed by atoms with Gasteiger partial charge in [0.2, 0.25) is 0 Å². The van der Waals surface area contributed by atoms with Crippen molar-refractivity contribution in [3.8, 4) is 0 Å². The van der Waals surface area contributed by atoms with Crippen LogP contribution in [0, 0.1) is 6.92 Å². The van der Waals surface area contributed by atoms with Gasteiger partial charge in [-0.25, -0.2) is 0 Å². The number of aliphatic imine (C=N–C) groups is 1. The Hall–Kier alpha value is -3.01. The third-order valence-corrected chi connectivity index (χ3v) is 5.24. The fraction of sp³-hybridized carbons (Fsp3) is 0.382. The minimum atomic E-state index is 0.564. The minimum absolute atomic E-state index is 0.564. The van der Waals surface area contributed by atoms with E-state index in [-0.39, 0.29) is 0 Å². The lowest BCUT2D eigenvalue weighted by Crippen LogP contribution is -2.16. The van der Waals surface area contributed by atoms with E-state index in [1.807, 2.05) is 51.3 Å². The van der Waals surface area contributed by atoms with Crippen LogP contribution in [-0.4, -0.2) is 12.8 Å². The highest BCUT2D eigenvalue weighted by atomic mass is 16.6. The summed E-state index contributed by atoms with van der Waals surface area (Å²) in [5.41, 5.74) is 11.5. The van der Waals surface area contributed by atoms with Crippen LogP contribution in [-0.2, 0) is 17.9 Å². The maximum atomic E-state index is 5.52. The van der Waals surface area contributed by atoms with Gasteiger partial charge in [-0.2, -0.15) is 5.48 Å². The molecular weight excluding hydrogens is 452 g/mol. The molecule has 2 aromatic rings. The summed E-state index contributed by atoms with van der Waals surface area (Å²) in [5, 5.41) is 0. The Morgan fingerprint density at radius 3 is 2.16 bits per heavy atom. The van der Waals surface area contributed by atoms with Crippen molar-refractivity contribution in [1.82, 2.24) is 5.48 Å². The number of nitrogens with zero attached hydrogens (tertiary/aromatic N) is 1. The van der Waals surface area contributed by atoms with Gasteiger partial charge < -0.3 is 0 Å². The van der Waals surface area contributed by atoms with Crippen molar-refractivity contribution >= 4 is 6.21 Å². The summed E-state index contributed by atoms with van der Waals surface area (Å²) in [4.78, 5) is 9.73. The average molecular weight is 503 g/mol. The van der Waals surface area contributed by atoms with Gasteiger partial charge in [0, 0.05) is 18.5 Å². The molecule has 0 heterocycles. The lowest BCUT2D eigenvalue weighted by atomic mass is 10.0. The maximum absolute atomic E-state index is 5.52. The number of aryl methyl sites for hydroxylation is 2. The highest BCUT2D eigenvalue weighted by molar-refractivity contribution is 5.74. The summed E-state index contributed by atoms with van der Waals surface area (Å²) < 4.78 is 0. The molecule has 0 bridgehead atoms. The SMILES string of the molecule is C=C(C)N=C/C=C(C)/C(=C/C=C(\C)CNOCc1ccccc1)CCC.CC.CCc1cccc(C)c1. The molecule has 0 radical (unpaired) electrons. The number of rotatable bonds is 12. The fourth-order valence-corrected chi connectivity index (χ4v) is 3.17. The van der Waals surface area contributed by atoms with Crippen molar-refractivity contribution in [2.24, 2.45) is 4.99 Å². The standard InChI is InChI=1S/C23H32N2O.C9H12.C2H6/c1-6-10-23(21(5)15-16-24-19(2)3)14-13-20(4)17-25-26-18-22-11-8-7-9-12-22;1-3-9-6-4-5-8(2)7-9;1-2/h7-9,11-16,25H,2,6,10,17-18H2,1,3-5H3;4-7H,3H2,1-2H3;1-2H3/b20-13+,21-15+,23-14+,24-16?;;. The van der Waals surface area contributed by atoms with Gasteiger partial charge >= 0.3 is 0 Å². The number of nitrogens with one attached hydrogen (secondary N) is 1. The Balaban J connectivity index is 0.000000977. The molecular formula is C34H50N2O. The third kappa shape index (κ3) is 18.0. The van der Waals surface area contributed by atoms with Crippen molar-refractivity contribution in [3.05, 3.63) is 119 Å². The van der Waals surface area contributed by atoms with Crippen LogP contribution in [0.2, 0.25) is 0 Å². The summed E-state index contributed by atoms with van der Waals surface area (Å²) in [5.74, 6) is 0. The number of hydrogen-bond acceptors (Lipinski definition) is 3. The lowest BCUT2D eigenvalue weighted by Gasteiger charge is -2.07. The second-order valence-corrected chi connectivity index (χ2v) is 8.76. The molecule has 37 heavy (non-hydrogen) atoms. The van der Waals surface area contributed by atoms with Crippen molar-refractivity contribution in [2.75, 3.05) is 6.54 Å². The van der Waals surface area contributed by atoms with Crippen LogP contribution in [0.25, 0.3) is 0 Å². The van der Waals surface area contributed by atoms with E-state index in [4.69, 9.17) is 4.84 Å². The van der Waals surface area contributed by atoms with Gasteiger partial charge in [0.25, 0.3) is 0 Å². The summed E-state index contributed by atoms with van der Waals surface area (Å²) in [6.07, 6.45) is 11.5. The molecule has 0 aliphatic heterocycles.